The predicted octanol–water partition coefficient (Wildman–Crippen LogP) is 5.56. The van der Waals surface area contributed by atoms with Crippen molar-refractivity contribution in [1.82, 2.24) is 9.80 Å². The lowest BCUT2D eigenvalue weighted by Gasteiger charge is -2.37. The van der Waals surface area contributed by atoms with E-state index in [0.717, 1.165) is 29.5 Å². The second-order valence-corrected chi connectivity index (χ2v) is 10.5. The second-order valence-electron chi connectivity index (χ2n) is 9.62. The lowest BCUT2D eigenvalue weighted by Crippen LogP contribution is -2.47. The van der Waals surface area contributed by atoms with E-state index in [9.17, 15) is 13.6 Å². The number of amides is 1. The number of fused-ring (bicyclic) bond motifs is 1. The number of carbonyl (C=O) groups excluding carboxylic acids is 1. The van der Waals surface area contributed by atoms with Gasteiger partial charge in [0.2, 0.25) is 0 Å². The molecular weight excluding hydrogens is 462 g/mol. The van der Waals surface area contributed by atoms with Gasteiger partial charge in [-0.1, -0.05) is 56.5 Å². The molecule has 1 N–H and O–H groups in total. The minimum atomic E-state index is -2.17. The number of carbonyl (C=O) groups is 1. The lowest BCUT2D eigenvalue weighted by atomic mass is 9.93. The topological polar surface area (TPSA) is 73.3 Å². The summed E-state index contributed by atoms with van der Waals surface area (Å²) in [6, 6.07) is 12.9. The van der Waals surface area contributed by atoms with Crippen LogP contribution in [0.1, 0.15) is 64.4 Å². The van der Waals surface area contributed by atoms with E-state index in [2.05, 4.69) is 30.0 Å². The summed E-state index contributed by atoms with van der Waals surface area (Å²) in [5.74, 6) is 0. The third-order valence-electron chi connectivity index (χ3n) is 7.59. The van der Waals surface area contributed by atoms with Crippen LogP contribution in [0.5, 0.6) is 0 Å². The van der Waals surface area contributed by atoms with E-state index >= 15 is 0 Å². The van der Waals surface area contributed by atoms with Crippen molar-refractivity contribution in [3.63, 3.8) is 0 Å². The zero-order valence-electron chi connectivity index (χ0n) is 21.0. The molecule has 2 aromatic rings. The molecule has 0 radical (unpaired) electrons. The maximum atomic E-state index is 12.6. The van der Waals surface area contributed by atoms with Crippen LogP contribution in [0.25, 0.3) is 10.8 Å². The van der Waals surface area contributed by atoms with Gasteiger partial charge in [0.15, 0.2) is 0 Å². The fraction of sp³-hybridized carbons (Fsp3) is 0.593. The van der Waals surface area contributed by atoms with Gasteiger partial charge in [0.25, 0.3) is 11.3 Å². The Bertz CT molecular complexity index is 1020. The average Bonchev–Trinajstić information content (AvgIpc) is 2.89. The summed E-state index contributed by atoms with van der Waals surface area (Å²) in [7, 11) is 0. The zero-order valence-corrected chi connectivity index (χ0v) is 21.8. The number of likely N-dealkylation sites (tertiary alicyclic amines) is 1. The molecule has 35 heavy (non-hydrogen) atoms. The van der Waals surface area contributed by atoms with Crippen LogP contribution in [0.2, 0.25) is 0 Å². The molecule has 192 valence electrons. The summed E-state index contributed by atoms with van der Waals surface area (Å²) in [5.41, 5.74) is 2.04. The highest BCUT2D eigenvalue weighted by Gasteiger charge is 2.31. The summed E-state index contributed by atoms with van der Waals surface area (Å²) >= 11 is -2.17. The monoisotopic (exact) mass is 501 g/mol. The summed E-state index contributed by atoms with van der Waals surface area (Å²) < 4.78 is 29.7. The first-order valence-electron chi connectivity index (χ1n) is 13.1. The second kappa shape index (κ2) is 12.2. The molecule has 1 unspecified atom stereocenters. The molecule has 2 aromatic carbocycles. The Labute approximate surface area is 211 Å². The Balaban J connectivity index is 1.59. The number of nitrogens with zero attached hydrogens (tertiary/aromatic N) is 3. The molecule has 2 aliphatic rings. The first-order chi connectivity index (χ1) is 17.0. The Morgan fingerprint density at radius 2 is 1.69 bits per heavy atom. The van der Waals surface area contributed by atoms with Crippen LogP contribution in [-0.2, 0) is 22.5 Å². The molecule has 8 heteroatoms. The van der Waals surface area contributed by atoms with Crippen molar-refractivity contribution in [3.05, 3.63) is 42.0 Å². The van der Waals surface area contributed by atoms with Crippen molar-refractivity contribution in [2.45, 2.75) is 77.4 Å². The molecule has 0 bridgehead atoms. The molecule has 0 spiro atoms. The van der Waals surface area contributed by atoms with Crippen LogP contribution < -0.4 is 4.31 Å². The Kier molecular flexibility index (Phi) is 9.03. The summed E-state index contributed by atoms with van der Waals surface area (Å²) in [4.78, 5) is 16.4. The van der Waals surface area contributed by atoms with E-state index in [1.807, 2.05) is 18.2 Å². The van der Waals surface area contributed by atoms with Gasteiger partial charge in [0.1, 0.15) is 0 Å². The Morgan fingerprint density at radius 1 is 1.00 bits per heavy atom. The molecule has 1 saturated heterocycles. The van der Waals surface area contributed by atoms with E-state index in [1.54, 1.807) is 16.1 Å². The van der Waals surface area contributed by atoms with Crippen molar-refractivity contribution in [2.24, 2.45) is 0 Å². The van der Waals surface area contributed by atoms with Crippen molar-refractivity contribution < 1.29 is 18.3 Å². The molecule has 0 aromatic heterocycles. The quantitative estimate of drug-likeness (QED) is 0.480. The van der Waals surface area contributed by atoms with Crippen molar-refractivity contribution in [2.75, 3.05) is 30.5 Å². The SMILES string of the molecule is CCOC(=O)N1CCC(N(c2ccc(CN(CC)C3CCCCC3)c3ccccc23)S(=O)O)CC1. The minimum absolute atomic E-state index is 0.129. The van der Waals surface area contributed by atoms with Crippen molar-refractivity contribution in [3.8, 4) is 0 Å². The first-order valence-corrected chi connectivity index (χ1v) is 14.2. The third-order valence-corrected chi connectivity index (χ3v) is 8.42. The molecule has 1 saturated carbocycles. The molecule has 1 amide bonds. The standard InChI is InChI=1S/C27H39N3O4S/c1-3-28(22-10-6-5-7-11-22)20-21-14-15-26(25-13-9-8-12-24(21)25)30(35(32)33)23-16-18-29(19-17-23)27(31)34-4-2/h8-9,12-15,22-23H,3-7,10-11,16-20H2,1-2H3,(H,32,33). The van der Waals surface area contributed by atoms with E-state index in [4.69, 9.17) is 4.74 Å². The van der Waals surface area contributed by atoms with Gasteiger partial charge in [-0.15, -0.1) is 0 Å². The van der Waals surface area contributed by atoms with Crippen LogP contribution in [0.3, 0.4) is 0 Å². The van der Waals surface area contributed by atoms with Gasteiger partial charge in [0, 0.05) is 37.1 Å². The third kappa shape index (κ3) is 5.98. The normalized spacial score (nSPS) is 18.7. The van der Waals surface area contributed by atoms with E-state index in [0.29, 0.717) is 38.6 Å². The molecule has 2 fully saturated rings. The van der Waals surface area contributed by atoms with Gasteiger partial charge in [-0.2, -0.15) is 0 Å². The first kappa shape index (κ1) is 25.9. The van der Waals surface area contributed by atoms with Crippen LogP contribution in [0.4, 0.5) is 10.5 Å². The van der Waals surface area contributed by atoms with Crippen LogP contribution in [0, 0.1) is 0 Å². The van der Waals surface area contributed by atoms with Gasteiger partial charge < -0.3 is 9.64 Å². The number of ether oxygens (including phenoxy) is 1. The summed E-state index contributed by atoms with van der Waals surface area (Å²) in [6.45, 7) is 7.32. The molecule has 1 atom stereocenters. The molecular formula is C27H39N3O4S. The van der Waals surface area contributed by atoms with Gasteiger partial charge in [-0.05, 0) is 56.2 Å². The molecule has 4 rings (SSSR count). The van der Waals surface area contributed by atoms with Gasteiger partial charge in [-0.25, -0.2) is 9.00 Å². The maximum absolute atomic E-state index is 12.6. The number of hydrogen-bond acceptors (Lipinski definition) is 4. The summed E-state index contributed by atoms with van der Waals surface area (Å²) in [6.07, 6.45) is 7.44. The smallest absolute Gasteiger partial charge is 0.409 e. The van der Waals surface area contributed by atoms with E-state index < -0.39 is 11.3 Å². The number of hydrogen-bond donors (Lipinski definition) is 1. The van der Waals surface area contributed by atoms with Gasteiger partial charge >= 0.3 is 6.09 Å². The zero-order chi connectivity index (χ0) is 24.8. The van der Waals surface area contributed by atoms with Gasteiger partial charge in [0.05, 0.1) is 12.3 Å². The molecule has 1 heterocycles. The van der Waals surface area contributed by atoms with Crippen LogP contribution in [0.15, 0.2) is 36.4 Å². The van der Waals surface area contributed by atoms with Crippen molar-refractivity contribution in [1.29, 1.82) is 0 Å². The number of benzene rings is 2. The predicted molar refractivity (Wildman–Crippen MR) is 142 cm³/mol. The fourth-order valence-electron chi connectivity index (χ4n) is 5.75. The summed E-state index contributed by atoms with van der Waals surface area (Å²) in [5, 5.41) is 2.14. The number of piperidine rings is 1. The highest BCUT2D eigenvalue weighted by Crippen LogP contribution is 2.35. The lowest BCUT2D eigenvalue weighted by molar-refractivity contribution is 0.0976. The van der Waals surface area contributed by atoms with Crippen molar-refractivity contribution >= 4 is 33.8 Å². The number of anilines is 1. The van der Waals surface area contributed by atoms with Crippen LogP contribution >= 0.6 is 0 Å². The molecule has 1 aliphatic carbocycles. The molecule has 7 nitrogen and oxygen atoms in total. The highest BCUT2D eigenvalue weighted by molar-refractivity contribution is 7.80. The van der Waals surface area contributed by atoms with E-state index in [1.165, 1.54) is 37.7 Å². The number of rotatable bonds is 8. The van der Waals surface area contributed by atoms with Gasteiger partial charge in [-0.3, -0.25) is 13.8 Å². The van der Waals surface area contributed by atoms with Crippen LogP contribution in [-0.4, -0.2) is 63.0 Å². The van der Waals surface area contributed by atoms with E-state index in [-0.39, 0.29) is 12.1 Å². The Morgan fingerprint density at radius 3 is 2.31 bits per heavy atom. The fourth-order valence-corrected chi connectivity index (χ4v) is 6.54. The highest BCUT2D eigenvalue weighted by atomic mass is 32.2. The Hall–Kier alpha value is -2.16. The largest absolute Gasteiger partial charge is 0.450 e. The average molecular weight is 502 g/mol. The maximum Gasteiger partial charge on any atom is 0.409 e. The molecule has 1 aliphatic heterocycles. The minimum Gasteiger partial charge on any atom is -0.450 e.